The molecule has 1 aromatic carbocycles. The molecule has 0 saturated heterocycles. The molecule has 0 atom stereocenters. The minimum atomic E-state index is -1.49. The summed E-state index contributed by atoms with van der Waals surface area (Å²) in [5, 5.41) is 8.51. The third-order valence-electron chi connectivity index (χ3n) is 1.61. The molecule has 14 heavy (non-hydrogen) atoms. The molecule has 0 aliphatic rings. The molecule has 0 aromatic heterocycles. The molecule has 0 fully saturated rings. The van der Waals surface area contributed by atoms with E-state index in [1.165, 1.54) is 13.2 Å². The van der Waals surface area contributed by atoms with Gasteiger partial charge >= 0.3 is 5.97 Å². The largest absolute Gasteiger partial charge is 0.497 e. The Labute approximate surface area is 88.6 Å². The Bertz CT molecular complexity index is 386. The van der Waals surface area contributed by atoms with E-state index in [1.807, 2.05) is 0 Å². The molecule has 0 heterocycles. The quantitative estimate of drug-likeness (QED) is 0.663. The highest BCUT2D eigenvalue weighted by Crippen LogP contribution is 2.22. The van der Waals surface area contributed by atoms with E-state index < -0.39 is 11.8 Å². The van der Waals surface area contributed by atoms with E-state index >= 15 is 0 Å². The van der Waals surface area contributed by atoms with E-state index in [-0.39, 0.29) is 5.56 Å². The zero-order valence-corrected chi connectivity index (χ0v) is 8.87. The lowest BCUT2D eigenvalue weighted by molar-refractivity contribution is -0.131. The molecule has 0 spiro atoms. The Kier molecular flexibility index (Phi) is 3.24. The van der Waals surface area contributed by atoms with Gasteiger partial charge in [-0.2, -0.15) is 0 Å². The van der Waals surface area contributed by atoms with Gasteiger partial charge in [0.2, 0.25) is 0 Å². The third-order valence-corrected chi connectivity index (χ3v) is 2.30. The molecule has 1 aromatic rings. The first-order valence-corrected chi connectivity index (χ1v) is 4.46. The van der Waals surface area contributed by atoms with Gasteiger partial charge in [0.1, 0.15) is 5.75 Å². The van der Waals surface area contributed by atoms with Crippen molar-refractivity contribution in [2.45, 2.75) is 0 Å². The third kappa shape index (κ3) is 2.11. The monoisotopic (exact) mass is 258 g/mol. The maximum Gasteiger partial charge on any atom is 0.377 e. The van der Waals surface area contributed by atoms with Crippen molar-refractivity contribution in [2.24, 2.45) is 0 Å². The zero-order valence-electron chi connectivity index (χ0n) is 7.28. The lowest BCUT2D eigenvalue weighted by atomic mass is 10.1. The molecule has 0 bridgehead atoms. The molecule has 0 amide bonds. The Balaban J connectivity index is 3.19. The lowest BCUT2D eigenvalue weighted by Crippen LogP contribution is -2.13. The number of hydrogen-bond donors (Lipinski definition) is 1. The topological polar surface area (TPSA) is 63.6 Å². The number of Topliss-reactive ketones (excluding diaryl/α,β-unsaturated/α-hetero) is 1. The number of carbonyl (C=O) groups excluding carboxylic acids is 1. The summed E-state index contributed by atoms with van der Waals surface area (Å²) < 4.78 is 5.31. The summed E-state index contributed by atoms with van der Waals surface area (Å²) in [6, 6.07) is 4.57. The van der Waals surface area contributed by atoms with Crippen molar-refractivity contribution in [2.75, 3.05) is 7.11 Å². The molecular weight excluding hydrogens is 252 g/mol. The summed E-state index contributed by atoms with van der Waals surface area (Å²) in [6.45, 7) is 0. The highest BCUT2D eigenvalue weighted by Gasteiger charge is 2.18. The van der Waals surface area contributed by atoms with Gasteiger partial charge in [0.05, 0.1) is 7.11 Å². The van der Waals surface area contributed by atoms with Crippen LogP contribution in [0.1, 0.15) is 10.4 Å². The number of benzene rings is 1. The van der Waals surface area contributed by atoms with Crippen LogP contribution in [0.2, 0.25) is 0 Å². The van der Waals surface area contributed by atoms with Gasteiger partial charge in [-0.05, 0) is 18.2 Å². The van der Waals surface area contributed by atoms with Crippen LogP contribution in [0.25, 0.3) is 0 Å². The summed E-state index contributed by atoms with van der Waals surface area (Å²) in [5.74, 6) is -2.01. The number of carboxylic acids is 1. The maximum absolute atomic E-state index is 11.1. The first-order valence-electron chi connectivity index (χ1n) is 3.67. The van der Waals surface area contributed by atoms with Crippen LogP contribution in [-0.4, -0.2) is 24.0 Å². The number of rotatable bonds is 3. The molecular formula is C9H7BrO4. The van der Waals surface area contributed by atoms with E-state index in [2.05, 4.69) is 15.9 Å². The summed E-state index contributed by atoms with van der Waals surface area (Å²) in [5.41, 5.74) is 0.0804. The van der Waals surface area contributed by atoms with Crippen molar-refractivity contribution in [1.82, 2.24) is 0 Å². The summed E-state index contributed by atoms with van der Waals surface area (Å²) in [4.78, 5) is 21.6. The Morgan fingerprint density at radius 3 is 2.57 bits per heavy atom. The molecule has 0 aliphatic heterocycles. The van der Waals surface area contributed by atoms with E-state index in [1.54, 1.807) is 12.1 Å². The standard InChI is InChI=1S/C9H7BrO4/c1-14-5-2-3-7(10)6(4-5)8(11)9(12)13/h2-4H,1H3,(H,12,13). The van der Waals surface area contributed by atoms with Crippen molar-refractivity contribution in [3.05, 3.63) is 28.2 Å². The van der Waals surface area contributed by atoms with Crippen molar-refractivity contribution in [3.63, 3.8) is 0 Å². The van der Waals surface area contributed by atoms with E-state index in [0.717, 1.165) is 0 Å². The molecule has 4 nitrogen and oxygen atoms in total. The SMILES string of the molecule is COc1ccc(Br)c(C(=O)C(=O)O)c1. The Morgan fingerprint density at radius 1 is 1.43 bits per heavy atom. The van der Waals surface area contributed by atoms with Gasteiger partial charge in [0.15, 0.2) is 0 Å². The number of methoxy groups -OCH3 is 1. The second-order valence-electron chi connectivity index (χ2n) is 2.48. The molecule has 0 saturated carbocycles. The average Bonchev–Trinajstić information content (AvgIpc) is 2.17. The second kappa shape index (κ2) is 4.23. The van der Waals surface area contributed by atoms with Crippen molar-refractivity contribution in [3.8, 4) is 5.75 Å². The minimum Gasteiger partial charge on any atom is -0.497 e. The summed E-state index contributed by atoms with van der Waals surface area (Å²) >= 11 is 3.09. The molecule has 0 radical (unpaired) electrons. The highest BCUT2D eigenvalue weighted by atomic mass is 79.9. The fourth-order valence-electron chi connectivity index (χ4n) is 0.921. The fourth-order valence-corrected chi connectivity index (χ4v) is 1.35. The van der Waals surface area contributed by atoms with Crippen molar-refractivity contribution in [1.29, 1.82) is 0 Å². The van der Waals surface area contributed by atoms with Crippen LogP contribution >= 0.6 is 15.9 Å². The summed E-state index contributed by atoms with van der Waals surface area (Å²) in [7, 11) is 1.44. The predicted octanol–water partition coefficient (Wildman–Crippen LogP) is 1.73. The number of carbonyl (C=O) groups is 2. The number of ether oxygens (including phenoxy) is 1. The smallest absolute Gasteiger partial charge is 0.377 e. The van der Waals surface area contributed by atoms with Crippen LogP contribution in [0.4, 0.5) is 0 Å². The molecule has 74 valence electrons. The van der Waals surface area contributed by atoms with Crippen molar-refractivity contribution >= 4 is 27.7 Å². The van der Waals surface area contributed by atoms with Crippen LogP contribution in [0.5, 0.6) is 5.75 Å². The minimum absolute atomic E-state index is 0.0804. The predicted molar refractivity (Wildman–Crippen MR) is 52.7 cm³/mol. The fraction of sp³-hybridized carbons (Fsp3) is 0.111. The number of carboxylic acid groups (broad SMARTS) is 1. The van der Waals surface area contributed by atoms with Gasteiger partial charge in [-0.25, -0.2) is 4.79 Å². The molecule has 0 aliphatic carbocycles. The second-order valence-corrected chi connectivity index (χ2v) is 3.33. The molecule has 5 heteroatoms. The van der Waals surface area contributed by atoms with Crippen LogP contribution in [0, 0.1) is 0 Å². The Hall–Kier alpha value is -1.36. The van der Waals surface area contributed by atoms with Crippen LogP contribution < -0.4 is 4.74 Å². The van der Waals surface area contributed by atoms with E-state index in [4.69, 9.17) is 9.84 Å². The number of hydrogen-bond acceptors (Lipinski definition) is 3. The van der Waals surface area contributed by atoms with E-state index in [0.29, 0.717) is 10.2 Å². The average molecular weight is 259 g/mol. The maximum atomic E-state index is 11.1. The van der Waals surface area contributed by atoms with Gasteiger partial charge in [-0.15, -0.1) is 0 Å². The normalized spacial score (nSPS) is 9.57. The lowest BCUT2D eigenvalue weighted by Gasteiger charge is -2.03. The Morgan fingerprint density at radius 2 is 2.07 bits per heavy atom. The first kappa shape index (κ1) is 10.7. The number of halogens is 1. The van der Waals surface area contributed by atoms with Gasteiger partial charge in [0.25, 0.3) is 5.78 Å². The highest BCUT2D eigenvalue weighted by molar-refractivity contribution is 9.10. The molecule has 1 rings (SSSR count). The van der Waals surface area contributed by atoms with Gasteiger partial charge < -0.3 is 9.84 Å². The van der Waals surface area contributed by atoms with Crippen LogP contribution in [-0.2, 0) is 4.79 Å². The van der Waals surface area contributed by atoms with E-state index in [9.17, 15) is 9.59 Å². The van der Waals surface area contributed by atoms with Crippen molar-refractivity contribution < 1.29 is 19.4 Å². The van der Waals surface area contributed by atoms with Crippen LogP contribution in [0.3, 0.4) is 0 Å². The molecule has 1 N–H and O–H groups in total. The zero-order chi connectivity index (χ0) is 10.7. The first-order chi connectivity index (χ1) is 6.56. The van der Waals surface area contributed by atoms with Gasteiger partial charge in [0, 0.05) is 10.0 Å². The van der Waals surface area contributed by atoms with Gasteiger partial charge in [-0.3, -0.25) is 4.79 Å². The number of aliphatic carboxylic acids is 1. The van der Waals surface area contributed by atoms with Gasteiger partial charge in [-0.1, -0.05) is 15.9 Å². The number of ketones is 1. The van der Waals surface area contributed by atoms with Crippen LogP contribution in [0.15, 0.2) is 22.7 Å². The molecule has 0 unspecified atom stereocenters. The summed E-state index contributed by atoms with van der Waals surface area (Å²) in [6.07, 6.45) is 0.